The van der Waals surface area contributed by atoms with Gasteiger partial charge in [-0.05, 0) is 109 Å². The van der Waals surface area contributed by atoms with Crippen molar-refractivity contribution < 1.29 is 32.3 Å². The second kappa shape index (κ2) is 24.7. The highest BCUT2D eigenvalue weighted by molar-refractivity contribution is 7.80. The van der Waals surface area contributed by atoms with E-state index < -0.39 is 36.5 Å². The molecule has 3 aromatic rings. The average Bonchev–Trinajstić information content (AvgIpc) is 3.28. The highest BCUT2D eigenvalue weighted by atomic mass is 32.1. The van der Waals surface area contributed by atoms with Gasteiger partial charge in [-0.2, -0.15) is 0 Å². The third-order valence-electron chi connectivity index (χ3n) is 12.8. The van der Waals surface area contributed by atoms with Gasteiger partial charge in [-0.15, -0.1) is 0 Å². The number of hydrogen-bond donors (Lipinski definition) is 1. The van der Waals surface area contributed by atoms with Gasteiger partial charge >= 0.3 is 5.97 Å². The molecule has 4 rings (SSSR count). The van der Waals surface area contributed by atoms with E-state index in [-0.39, 0.29) is 23.2 Å². The maximum Gasteiger partial charge on any atom is 0.315 e. The number of methoxy groups -OCH3 is 1. The molecule has 0 saturated carbocycles. The van der Waals surface area contributed by atoms with Crippen LogP contribution >= 0.6 is 12.2 Å². The number of anilines is 1. The van der Waals surface area contributed by atoms with Crippen LogP contribution in [0.4, 0.5) is 5.69 Å². The minimum Gasteiger partial charge on any atom is -0.468 e. The van der Waals surface area contributed by atoms with Crippen molar-refractivity contribution in [3.05, 3.63) is 96.6 Å². The molecular weight excluding hydrogens is 855 g/mol. The van der Waals surface area contributed by atoms with Crippen LogP contribution in [0.15, 0.2) is 91.0 Å². The summed E-state index contributed by atoms with van der Waals surface area (Å²) >= 11 is 6.22. The Morgan fingerprint density at radius 1 is 0.873 bits per heavy atom. The second-order valence-electron chi connectivity index (χ2n) is 19.2. The fourth-order valence-corrected chi connectivity index (χ4v) is 18.3. The molecule has 3 aromatic carbocycles. The van der Waals surface area contributed by atoms with Crippen LogP contribution < -0.4 is 15.7 Å². The van der Waals surface area contributed by atoms with E-state index in [0.717, 1.165) is 61.7 Å². The Kier molecular flexibility index (Phi) is 20.7. The Hall–Kier alpha value is -2.79. The smallest absolute Gasteiger partial charge is 0.315 e. The van der Waals surface area contributed by atoms with Crippen molar-refractivity contribution in [1.82, 2.24) is 0 Å². The summed E-state index contributed by atoms with van der Waals surface area (Å²) in [5.74, 6) is -1.29. The summed E-state index contributed by atoms with van der Waals surface area (Å²) in [6, 6.07) is 32.6. The van der Waals surface area contributed by atoms with Crippen molar-refractivity contribution in [3.8, 4) is 0 Å². The summed E-state index contributed by atoms with van der Waals surface area (Å²) in [4.78, 5) is 14.5. The summed E-state index contributed by atoms with van der Waals surface area (Å²) in [6.07, 6.45) is 8.75. The van der Waals surface area contributed by atoms with E-state index in [1.54, 1.807) is 0 Å². The van der Waals surface area contributed by atoms with E-state index in [0.29, 0.717) is 37.7 Å². The number of para-hydroxylation sites is 1. The molecular formula is C51H79NO7SSi3. The molecule has 0 aliphatic carbocycles. The topological polar surface area (TPSA) is 84.5 Å². The molecule has 1 saturated heterocycles. The van der Waals surface area contributed by atoms with Crippen molar-refractivity contribution in [2.75, 3.05) is 38.9 Å². The minimum absolute atomic E-state index is 0.161. The second-order valence-corrected chi connectivity index (χ2v) is 33.2. The Morgan fingerprint density at radius 3 is 2.00 bits per heavy atom. The molecule has 348 valence electrons. The van der Waals surface area contributed by atoms with Gasteiger partial charge in [0, 0.05) is 18.9 Å². The first-order chi connectivity index (χ1) is 30.0. The van der Waals surface area contributed by atoms with E-state index in [4.69, 9.17) is 39.7 Å². The summed E-state index contributed by atoms with van der Waals surface area (Å²) in [5, 5.41) is 5.67. The molecule has 0 amide bonds. The number of nitrogens with one attached hydrogen (secondary N) is 1. The standard InChI is InChI=1S/C51H79NO7SSi3/c1-12-51(59-61(9,10)11,40-58-62(13-2,14-3)15-4)38-41(39-57-63(50(5,6)7,43-29-18-16-19-30-43)44-31-20-17-21-32-44)37-45(49(53)54-8)48(60)52-46-33-23-22-27-42(46)28-26-36-56-47-34-24-25-35-55-47/h16-23,26-33,41,45,47H,12-15,24-25,34-40H2,1-11H3,(H,52,60)/b28-26-/t41-,45?,47?,51+/m1/s1. The third kappa shape index (κ3) is 14.9. The molecule has 12 heteroatoms. The predicted octanol–water partition coefficient (Wildman–Crippen LogP) is 11.8. The molecule has 1 aliphatic rings. The zero-order valence-electron chi connectivity index (χ0n) is 40.4. The van der Waals surface area contributed by atoms with Gasteiger partial charge in [-0.25, -0.2) is 0 Å². The number of esters is 1. The van der Waals surface area contributed by atoms with Gasteiger partial charge in [0.05, 0.1) is 30.9 Å². The number of thiocarbonyl (C=S) groups is 1. The number of hydrogen-bond acceptors (Lipinski definition) is 8. The zero-order valence-corrected chi connectivity index (χ0v) is 44.2. The number of carbonyl (C=O) groups is 1. The molecule has 63 heavy (non-hydrogen) atoms. The van der Waals surface area contributed by atoms with Gasteiger partial charge in [-0.3, -0.25) is 4.79 Å². The van der Waals surface area contributed by atoms with Crippen LogP contribution in [-0.2, 0) is 32.3 Å². The quantitative estimate of drug-likeness (QED) is 0.0507. The Bertz CT molecular complexity index is 1810. The van der Waals surface area contributed by atoms with Crippen molar-refractivity contribution in [2.45, 2.75) is 142 Å². The number of carbonyl (C=O) groups excluding carboxylic acids is 1. The predicted molar refractivity (Wildman–Crippen MR) is 274 cm³/mol. The lowest BCUT2D eigenvalue weighted by molar-refractivity contribution is -0.155. The van der Waals surface area contributed by atoms with Crippen molar-refractivity contribution in [3.63, 3.8) is 0 Å². The van der Waals surface area contributed by atoms with E-state index in [9.17, 15) is 4.79 Å². The summed E-state index contributed by atoms with van der Waals surface area (Å²) in [7, 11) is -5.63. The molecule has 0 radical (unpaired) electrons. The van der Waals surface area contributed by atoms with E-state index in [1.165, 1.54) is 17.5 Å². The van der Waals surface area contributed by atoms with Crippen molar-refractivity contribution >= 4 is 70.3 Å². The first-order valence-corrected chi connectivity index (χ1v) is 31.7. The third-order valence-corrected chi connectivity index (χ3v) is 23.8. The molecule has 8 nitrogen and oxygen atoms in total. The van der Waals surface area contributed by atoms with Crippen LogP contribution in [0, 0.1) is 11.8 Å². The van der Waals surface area contributed by atoms with Gasteiger partial charge in [0.1, 0.15) is 5.92 Å². The van der Waals surface area contributed by atoms with Crippen molar-refractivity contribution in [2.24, 2.45) is 11.8 Å². The molecule has 1 heterocycles. The van der Waals surface area contributed by atoms with Gasteiger partial charge < -0.3 is 32.8 Å². The number of benzene rings is 3. The lowest BCUT2D eigenvalue weighted by Crippen LogP contribution is -2.67. The van der Waals surface area contributed by atoms with Gasteiger partial charge in [-0.1, -0.05) is 152 Å². The Labute approximate surface area is 389 Å². The normalized spacial score (nSPS) is 17.2. The fraction of sp³-hybridized carbons (Fsp3) is 0.569. The molecule has 0 bridgehead atoms. The van der Waals surface area contributed by atoms with Gasteiger partial charge in [0.15, 0.2) is 22.9 Å². The van der Waals surface area contributed by atoms with Gasteiger partial charge in [0.25, 0.3) is 8.32 Å². The fourth-order valence-electron chi connectivity index (χ4n) is 9.12. The largest absolute Gasteiger partial charge is 0.468 e. The van der Waals surface area contributed by atoms with Crippen LogP contribution in [-0.4, -0.2) is 81.3 Å². The highest BCUT2D eigenvalue weighted by Gasteiger charge is 2.51. The Morgan fingerprint density at radius 2 is 1.48 bits per heavy atom. The number of ether oxygens (including phenoxy) is 3. The lowest BCUT2D eigenvalue weighted by atomic mass is 9.83. The first-order valence-electron chi connectivity index (χ1n) is 23.5. The Balaban J connectivity index is 1.78. The molecule has 0 spiro atoms. The van der Waals surface area contributed by atoms with Crippen LogP contribution in [0.2, 0.25) is 42.8 Å². The van der Waals surface area contributed by atoms with Crippen LogP contribution in [0.1, 0.15) is 92.6 Å². The minimum atomic E-state index is -2.97. The maximum absolute atomic E-state index is 14.1. The summed E-state index contributed by atoms with van der Waals surface area (Å²) in [5.41, 5.74) is 1.14. The first kappa shape index (κ1) is 52.8. The van der Waals surface area contributed by atoms with Crippen LogP contribution in [0.5, 0.6) is 0 Å². The lowest BCUT2D eigenvalue weighted by Gasteiger charge is -2.46. The van der Waals surface area contributed by atoms with E-state index >= 15 is 0 Å². The van der Waals surface area contributed by atoms with Gasteiger partial charge in [0.2, 0.25) is 0 Å². The molecule has 1 fully saturated rings. The number of rotatable bonds is 25. The average molecular weight is 935 g/mol. The van der Waals surface area contributed by atoms with E-state index in [2.05, 4.69) is 134 Å². The maximum atomic E-state index is 14.1. The highest BCUT2D eigenvalue weighted by Crippen LogP contribution is 2.40. The summed E-state index contributed by atoms with van der Waals surface area (Å²) in [6.45, 7) is 24.8. The summed E-state index contributed by atoms with van der Waals surface area (Å²) < 4.78 is 39.5. The SMILES string of the molecule is CC[C@@](CO[Si](CC)(CC)CC)(C[C@H](CO[Si](c1ccccc1)(c1ccccc1)C(C)(C)C)CC(C(=O)OC)C(=S)Nc1ccccc1/C=C\COC1CCCCO1)O[Si](C)(C)C. The van der Waals surface area contributed by atoms with Crippen molar-refractivity contribution in [1.29, 1.82) is 0 Å². The molecule has 0 aromatic heterocycles. The molecule has 1 aliphatic heterocycles. The van der Waals surface area contributed by atoms with E-state index in [1.807, 2.05) is 36.4 Å². The zero-order chi connectivity index (χ0) is 46.2. The molecule has 4 atom stereocenters. The molecule has 2 unspecified atom stereocenters. The van der Waals surface area contributed by atoms with Crippen LogP contribution in [0.3, 0.4) is 0 Å². The van der Waals surface area contributed by atoms with Crippen LogP contribution in [0.25, 0.3) is 6.08 Å². The monoisotopic (exact) mass is 933 g/mol. The molecule has 1 N–H and O–H groups in total.